The second kappa shape index (κ2) is 7.22. The van der Waals surface area contributed by atoms with Gasteiger partial charge in [0.1, 0.15) is 5.88 Å². The van der Waals surface area contributed by atoms with E-state index in [9.17, 15) is 9.90 Å². The maximum Gasteiger partial charge on any atom is 0.239 e. The minimum atomic E-state index is -0.595. The third-order valence-electron chi connectivity index (χ3n) is 2.80. The van der Waals surface area contributed by atoms with E-state index in [-0.39, 0.29) is 11.8 Å². The first kappa shape index (κ1) is 15.5. The van der Waals surface area contributed by atoms with Gasteiger partial charge in [-0.25, -0.2) is 0 Å². The lowest BCUT2D eigenvalue weighted by Gasteiger charge is -2.14. The summed E-state index contributed by atoms with van der Waals surface area (Å²) >= 11 is 10.4. The molecule has 0 aliphatic rings. The Labute approximate surface area is 134 Å². The van der Waals surface area contributed by atoms with Crippen molar-refractivity contribution in [3.63, 3.8) is 0 Å². The zero-order valence-electron chi connectivity index (χ0n) is 10.5. The molecule has 1 heterocycles. The standard InChI is InChI=1S/C14H13BrClNO2S/c15-11-1-2-12(17-14(19)7-16)10(5-11)6-13(18)9-3-4-20-8-9/h1-5,8,13,18H,6-7H2,(H,17,19). The number of carbonyl (C=O) groups is 1. The Morgan fingerprint density at radius 3 is 2.90 bits per heavy atom. The van der Waals surface area contributed by atoms with Crippen LogP contribution in [0.3, 0.4) is 0 Å². The number of anilines is 1. The number of carbonyl (C=O) groups excluding carboxylic acids is 1. The average Bonchev–Trinajstić information content (AvgIpc) is 2.95. The molecule has 2 aromatic rings. The number of aliphatic hydroxyl groups excluding tert-OH is 1. The number of hydrogen-bond donors (Lipinski definition) is 2. The number of benzene rings is 1. The molecule has 0 aliphatic heterocycles. The number of alkyl halides is 1. The molecule has 1 atom stereocenters. The van der Waals surface area contributed by atoms with E-state index >= 15 is 0 Å². The predicted molar refractivity (Wildman–Crippen MR) is 86.5 cm³/mol. The first-order chi connectivity index (χ1) is 9.60. The van der Waals surface area contributed by atoms with Crippen molar-refractivity contribution in [2.75, 3.05) is 11.2 Å². The number of hydrogen-bond acceptors (Lipinski definition) is 3. The molecule has 106 valence electrons. The van der Waals surface area contributed by atoms with Crippen molar-refractivity contribution >= 4 is 50.5 Å². The van der Waals surface area contributed by atoms with Gasteiger partial charge in [0.25, 0.3) is 0 Å². The third kappa shape index (κ3) is 4.06. The van der Waals surface area contributed by atoms with Crippen molar-refractivity contribution in [3.05, 3.63) is 50.6 Å². The molecule has 0 saturated carbocycles. The molecule has 0 fully saturated rings. The van der Waals surface area contributed by atoms with E-state index < -0.39 is 6.10 Å². The van der Waals surface area contributed by atoms with Crippen molar-refractivity contribution in [2.45, 2.75) is 12.5 Å². The van der Waals surface area contributed by atoms with Crippen molar-refractivity contribution in [1.29, 1.82) is 0 Å². The highest BCUT2D eigenvalue weighted by molar-refractivity contribution is 9.10. The van der Waals surface area contributed by atoms with Crippen LogP contribution in [0.25, 0.3) is 0 Å². The second-order valence-electron chi connectivity index (χ2n) is 4.26. The van der Waals surface area contributed by atoms with Gasteiger partial charge in [0.15, 0.2) is 0 Å². The lowest BCUT2D eigenvalue weighted by Crippen LogP contribution is -2.15. The topological polar surface area (TPSA) is 49.3 Å². The number of thiophene rings is 1. The Morgan fingerprint density at radius 2 is 2.25 bits per heavy atom. The van der Waals surface area contributed by atoms with Crippen LogP contribution in [0.4, 0.5) is 5.69 Å². The molecular formula is C14H13BrClNO2S. The number of amides is 1. The van der Waals surface area contributed by atoms with E-state index in [2.05, 4.69) is 21.2 Å². The summed E-state index contributed by atoms with van der Waals surface area (Å²) in [6, 6.07) is 7.41. The van der Waals surface area contributed by atoms with Crippen LogP contribution in [0.1, 0.15) is 17.2 Å². The highest BCUT2D eigenvalue weighted by Crippen LogP contribution is 2.27. The van der Waals surface area contributed by atoms with E-state index in [0.29, 0.717) is 12.1 Å². The smallest absolute Gasteiger partial charge is 0.239 e. The summed E-state index contributed by atoms with van der Waals surface area (Å²) in [7, 11) is 0. The Morgan fingerprint density at radius 1 is 1.45 bits per heavy atom. The lowest BCUT2D eigenvalue weighted by atomic mass is 10.0. The molecule has 3 nitrogen and oxygen atoms in total. The fraction of sp³-hybridized carbons (Fsp3) is 0.214. The molecule has 1 amide bonds. The molecular weight excluding hydrogens is 362 g/mol. The molecule has 0 aliphatic carbocycles. The maximum absolute atomic E-state index is 11.4. The minimum absolute atomic E-state index is 0.0947. The number of rotatable bonds is 5. The van der Waals surface area contributed by atoms with E-state index in [1.165, 1.54) is 0 Å². The average molecular weight is 375 g/mol. The summed E-state index contributed by atoms with van der Waals surface area (Å²) in [4.78, 5) is 11.4. The number of halogens is 2. The first-order valence-electron chi connectivity index (χ1n) is 5.94. The van der Waals surface area contributed by atoms with Crippen LogP contribution in [0.2, 0.25) is 0 Å². The normalized spacial score (nSPS) is 12.2. The van der Waals surface area contributed by atoms with E-state index in [0.717, 1.165) is 15.6 Å². The Hall–Kier alpha value is -0.880. The monoisotopic (exact) mass is 373 g/mol. The summed E-state index contributed by atoms with van der Waals surface area (Å²) in [5.41, 5.74) is 2.41. The van der Waals surface area contributed by atoms with Gasteiger partial charge in [0.05, 0.1) is 6.10 Å². The molecule has 2 N–H and O–H groups in total. The van der Waals surface area contributed by atoms with Gasteiger partial charge in [0, 0.05) is 16.6 Å². The van der Waals surface area contributed by atoms with Crippen LogP contribution in [0.15, 0.2) is 39.5 Å². The van der Waals surface area contributed by atoms with Gasteiger partial charge in [-0.15, -0.1) is 11.6 Å². The number of nitrogens with one attached hydrogen (secondary N) is 1. The van der Waals surface area contributed by atoms with Crippen molar-refractivity contribution in [1.82, 2.24) is 0 Å². The molecule has 2 rings (SSSR count). The lowest BCUT2D eigenvalue weighted by molar-refractivity contribution is -0.113. The molecule has 0 saturated heterocycles. The highest BCUT2D eigenvalue weighted by atomic mass is 79.9. The van der Waals surface area contributed by atoms with Crippen LogP contribution in [-0.2, 0) is 11.2 Å². The second-order valence-corrected chi connectivity index (χ2v) is 6.22. The van der Waals surface area contributed by atoms with Gasteiger partial charge >= 0.3 is 0 Å². The fourth-order valence-electron chi connectivity index (χ4n) is 1.83. The molecule has 1 aromatic carbocycles. The molecule has 0 radical (unpaired) electrons. The van der Waals surface area contributed by atoms with Crippen LogP contribution < -0.4 is 5.32 Å². The van der Waals surface area contributed by atoms with Gasteiger partial charge in [-0.1, -0.05) is 15.9 Å². The summed E-state index contributed by atoms with van der Waals surface area (Å²) < 4.78 is 0.897. The Kier molecular flexibility index (Phi) is 5.60. The zero-order chi connectivity index (χ0) is 14.5. The Balaban J connectivity index is 2.20. The summed E-state index contributed by atoms with van der Waals surface area (Å²) in [5, 5.41) is 16.8. The molecule has 0 bridgehead atoms. The van der Waals surface area contributed by atoms with Crippen LogP contribution in [-0.4, -0.2) is 16.9 Å². The molecule has 6 heteroatoms. The van der Waals surface area contributed by atoms with E-state index in [4.69, 9.17) is 11.6 Å². The SMILES string of the molecule is O=C(CCl)Nc1ccc(Br)cc1CC(O)c1ccsc1. The Bertz CT molecular complexity index is 589. The first-order valence-corrected chi connectivity index (χ1v) is 8.21. The van der Waals surface area contributed by atoms with Gasteiger partial charge in [-0.05, 0) is 46.2 Å². The van der Waals surface area contributed by atoms with Gasteiger partial charge in [0.2, 0.25) is 5.91 Å². The van der Waals surface area contributed by atoms with E-state index in [1.807, 2.05) is 29.0 Å². The summed E-state index contributed by atoms with van der Waals surface area (Å²) in [6.07, 6.45) is -0.171. The molecule has 0 spiro atoms. The maximum atomic E-state index is 11.4. The predicted octanol–water partition coefficient (Wildman–Crippen LogP) is 3.96. The quantitative estimate of drug-likeness (QED) is 0.778. The van der Waals surface area contributed by atoms with Crippen molar-refractivity contribution in [2.24, 2.45) is 0 Å². The van der Waals surface area contributed by atoms with Gasteiger partial charge < -0.3 is 10.4 Å². The summed E-state index contributed by atoms with van der Waals surface area (Å²) in [6.45, 7) is 0. The van der Waals surface area contributed by atoms with Crippen LogP contribution in [0, 0.1) is 0 Å². The minimum Gasteiger partial charge on any atom is -0.388 e. The third-order valence-corrected chi connectivity index (χ3v) is 4.24. The van der Waals surface area contributed by atoms with Crippen LogP contribution >= 0.6 is 38.9 Å². The molecule has 1 unspecified atom stereocenters. The van der Waals surface area contributed by atoms with Gasteiger partial charge in [-0.2, -0.15) is 11.3 Å². The highest BCUT2D eigenvalue weighted by Gasteiger charge is 2.13. The zero-order valence-corrected chi connectivity index (χ0v) is 13.6. The van der Waals surface area contributed by atoms with E-state index in [1.54, 1.807) is 17.4 Å². The molecule has 1 aromatic heterocycles. The van der Waals surface area contributed by atoms with Crippen molar-refractivity contribution in [3.8, 4) is 0 Å². The fourth-order valence-corrected chi connectivity index (χ4v) is 3.01. The molecule has 20 heavy (non-hydrogen) atoms. The summed E-state index contributed by atoms with van der Waals surface area (Å²) in [5.74, 6) is -0.358. The van der Waals surface area contributed by atoms with Gasteiger partial charge in [-0.3, -0.25) is 4.79 Å². The van der Waals surface area contributed by atoms with Crippen LogP contribution in [0.5, 0.6) is 0 Å². The number of aliphatic hydroxyl groups is 1. The largest absolute Gasteiger partial charge is 0.388 e. The van der Waals surface area contributed by atoms with Crippen molar-refractivity contribution < 1.29 is 9.90 Å².